The molecule has 0 saturated carbocycles. The standard InChI is InChI=1S/C37H43F3N6O5SSi/c1-36(2,3)53(26-15-9-7-10-16-26,27-17-11-8-12-18-27)50-22-29-28(49-24-52-6)20-30(51-29)46-21-25(14-13-19-41-34(48)37(38,39)40)31-32(46)43-35(44-33(31)47)42-23-45(4)5/h7-12,15-18,21,23,28-30H,19-20,22,24H2,1-6H3,(H,41,48)(H,43,44,47)/b42-23-/t28?,29-,30-/m1/s1. The first-order valence-corrected chi connectivity index (χ1v) is 20.2. The fourth-order valence-electron chi connectivity index (χ4n) is 6.37. The Morgan fingerprint density at radius 2 is 1.79 bits per heavy atom. The number of halogens is 3. The van der Waals surface area contributed by atoms with E-state index in [9.17, 15) is 22.8 Å². The molecule has 4 aromatic rings. The van der Waals surface area contributed by atoms with Gasteiger partial charge in [0.05, 0.1) is 42.5 Å². The molecular formula is C37H43F3N6O5SSi. The second-order valence-corrected chi connectivity index (χ2v) is 18.8. The molecule has 16 heteroatoms. The third-order valence-corrected chi connectivity index (χ3v) is 14.0. The number of carbonyl (C=O) groups excluding carboxylic acids is 1. The van der Waals surface area contributed by atoms with Gasteiger partial charge in [-0.2, -0.15) is 18.2 Å². The maximum absolute atomic E-state index is 13.4. The van der Waals surface area contributed by atoms with Crippen molar-refractivity contribution in [1.29, 1.82) is 0 Å². The van der Waals surface area contributed by atoms with Crippen molar-refractivity contribution in [3.8, 4) is 11.8 Å². The van der Waals surface area contributed by atoms with Gasteiger partial charge >= 0.3 is 12.1 Å². The zero-order valence-electron chi connectivity index (χ0n) is 30.4. The maximum atomic E-state index is 13.4. The Balaban J connectivity index is 1.53. The Kier molecular flexibility index (Phi) is 12.6. The molecule has 1 amide bonds. The van der Waals surface area contributed by atoms with Crippen molar-refractivity contribution in [2.24, 2.45) is 4.99 Å². The number of aliphatic imine (C=N–C) groups is 1. The molecule has 3 heterocycles. The van der Waals surface area contributed by atoms with Gasteiger partial charge in [0.1, 0.15) is 12.3 Å². The number of aromatic amines is 1. The van der Waals surface area contributed by atoms with Crippen molar-refractivity contribution in [1.82, 2.24) is 24.8 Å². The lowest BCUT2D eigenvalue weighted by atomic mass is 10.2. The molecule has 0 bridgehead atoms. The van der Waals surface area contributed by atoms with Crippen LogP contribution in [0.2, 0.25) is 5.04 Å². The van der Waals surface area contributed by atoms with Crippen molar-refractivity contribution in [2.45, 2.75) is 56.8 Å². The van der Waals surface area contributed by atoms with Crippen molar-refractivity contribution < 1.29 is 31.9 Å². The molecule has 2 aromatic carbocycles. The number of rotatable bonds is 12. The number of thioether (sulfide) groups is 1. The topological polar surface area (TPSA) is 123 Å². The summed E-state index contributed by atoms with van der Waals surface area (Å²) in [5.74, 6) is 3.58. The van der Waals surface area contributed by atoms with Crippen LogP contribution in [0.4, 0.5) is 19.1 Å². The average molecular weight is 769 g/mol. The summed E-state index contributed by atoms with van der Waals surface area (Å²) < 4.78 is 60.1. The van der Waals surface area contributed by atoms with Gasteiger partial charge in [0.15, 0.2) is 5.65 Å². The van der Waals surface area contributed by atoms with E-state index < -0.39 is 50.9 Å². The molecule has 0 aliphatic carbocycles. The summed E-state index contributed by atoms with van der Waals surface area (Å²) in [6, 6.07) is 20.5. The molecule has 1 fully saturated rings. The first-order chi connectivity index (χ1) is 25.2. The number of alkyl halides is 3. The van der Waals surface area contributed by atoms with Crippen LogP contribution < -0.4 is 21.2 Å². The number of nitrogens with one attached hydrogen (secondary N) is 2. The minimum atomic E-state index is -5.05. The zero-order valence-corrected chi connectivity index (χ0v) is 32.2. The smallest absolute Gasteiger partial charge is 0.405 e. The normalized spacial score (nSPS) is 17.9. The molecule has 5 rings (SSSR count). The second-order valence-electron chi connectivity index (χ2n) is 13.7. The van der Waals surface area contributed by atoms with Gasteiger partial charge in [-0.15, -0.1) is 11.8 Å². The maximum Gasteiger partial charge on any atom is 0.471 e. The van der Waals surface area contributed by atoms with Gasteiger partial charge in [-0.05, 0) is 21.7 Å². The number of hydrogen-bond acceptors (Lipinski definition) is 8. The molecule has 3 atom stereocenters. The van der Waals surface area contributed by atoms with E-state index in [0.717, 1.165) is 10.4 Å². The molecule has 282 valence electrons. The lowest BCUT2D eigenvalue weighted by Crippen LogP contribution is -2.67. The van der Waals surface area contributed by atoms with Crippen LogP contribution in [0.3, 0.4) is 0 Å². The van der Waals surface area contributed by atoms with Gasteiger partial charge in [0, 0.05) is 26.7 Å². The van der Waals surface area contributed by atoms with Gasteiger partial charge in [0.25, 0.3) is 13.9 Å². The number of ether oxygens (including phenoxy) is 2. The minimum Gasteiger partial charge on any atom is -0.405 e. The van der Waals surface area contributed by atoms with Gasteiger partial charge in [-0.3, -0.25) is 14.6 Å². The Hall–Kier alpha value is -4.40. The number of aromatic nitrogens is 3. The quantitative estimate of drug-likeness (QED) is 0.0709. The van der Waals surface area contributed by atoms with Crippen LogP contribution in [0, 0.1) is 11.8 Å². The molecule has 0 spiro atoms. The molecule has 2 aromatic heterocycles. The lowest BCUT2D eigenvalue weighted by Gasteiger charge is -2.43. The van der Waals surface area contributed by atoms with Crippen LogP contribution in [0.15, 0.2) is 76.6 Å². The van der Waals surface area contributed by atoms with E-state index in [1.165, 1.54) is 18.1 Å². The Labute approximate surface area is 311 Å². The number of fused-ring (bicyclic) bond motifs is 1. The predicted molar refractivity (Wildman–Crippen MR) is 203 cm³/mol. The molecule has 1 unspecified atom stereocenters. The van der Waals surface area contributed by atoms with Crippen LogP contribution in [-0.4, -0.2) is 97.8 Å². The molecular weight excluding hydrogens is 726 g/mol. The van der Waals surface area contributed by atoms with Crippen molar-refractivity contribution in [2.75, 3.05) is 39.4 Å². The second kappa shape index (κ2) is 16.7. The summed E-state index contributed by atoms with van der Waals surface area (Å²) in [4.78, 5) is 37.9. The fourth-order valence-corrected chi connectivity index (χ4v) is 11.3. The highest BCUT2D eigenvalue weighted by atomic mass is 32.2. The number of benzene rings is 2. The Morgan fingerprint density at radius 1 is 1.15 bits per heavy atom. The van der Waals surface area contributed by atoms with Crippen molar-refractivity contribution in [3.05, 3.63) is 82.8 Å². The van der Waals surface area contributed by atoms with Gasteiger partial charge in [0.2, 0.25) is 5.95 Å². The van der Waals surface area contributed by atoms with Crippen LogP contribution >= 0.6 is 11.8 Å². The zero-order chi connectivity index (χ0) is 38.4. The third-order valence-electron chi connectivity index (χ3n) is 8.67. The lowest BCUT2D eigenvalue weighted by molar-refractivity contribution is -0.173. The predicted octanol–water partition coefficient (Wildman–Crippen LogP) is 4.55. The average Bonchev–Trinajstić information content (AvgIpc) is 3.69. The molecule has 0 radical (unpaired) electrons. The number of hydrogen-bond donors (Lipinski definition) is 2. The highest BCUT2D eigenvalue weighted by molar-refractivity contribution is 7.98. The SMILES string of the molecule is CSCOC1C[C@H](n2cc(C#CCNC(=O)C(F)(F)F)c3c(=O)[nH]c(/N=C\N(C)C)nc32)O[C@@H]1CO[Si](c1ccccc1)(c1ccccc1)C(C)(C)C. The van der Waals surface area contributed by atoms with E-state index in [2.05, 4.69) is 71.8 Å². The Morgan fingerprint density at radius 3 is 2.36 bits per heavy atom. The van der Waals surface area contributed by atoms with E-state index in [1.807, 2.05) is 42.7 Å². The first-order valence-electron chi connectivity index (χ1n) is 16.9. The van der Waals surface area contributed by atoms with Crippen LogP contribution in [0.25, 0.3) is 11.0 Å². The Bertz CT molecular complexity index is 1980. The number of nitrogens with zero attached hydrogens (tertiary/aromatic N) is 4. The van der Waals surface area contributed by atoms with Crippen LogP contribution in [0.5, 0.6) is 0 Å². The van der Waals surface area contributed by atoms with E-state index in [4.69, 9.17) is 13.9 Å². The molecule has 2 N–H and O–H groups in total. The minimum absolute atomic E-state index is 0.0345. The summed E-state index contributed by atoms with van der Waals surface area (Å²) in [5, 5.41) is 3.78. The fraction of sp³-hybridized carbons (Fsp3) is 0.405. The van der Waals surface area contributed by atoms with Crippen molar-refractivity contribution >= 4 is 59.7 Å². The summed E-state index contributed by atoms with van der Waals surface area (Å²) >= 11 is 1.53. The van der Waals surface area contributed by atoms with E-state index in [0.29, 0.717) is 12.4 Å². The van der Waals surface area contributed by atoms with E-state index >= 15 is 0 Å². The van der Waals surface area contributed by atoms with Gasteiger partial charge < -0.3 is 28.7 Å². The number of carbonyl (C=O) groups is 1. The molecule has 11 nitrogen and oxygen atoms in total. The van der Waals surface area contributed by atoms with Gasteiger partial charge in [-0.25, -0.2) is 4.99 Å². The van der Waals surface area contributed by atoms with Crippen molar-refractivity contribution in [3.63, 3.8) is 0 Å². The summed E-state index contributed by atoms with van der Waals surface area (Å²) in [7, 11) is 0.602. The highest BCUT2D eigenvalue weighted by Gasteiger charge is 2.51. The number of H-pyrrole nitrogens is 1. The van der Waals surface area contributed by atoms with Crippen LogP contribution in [0.1, 0.15) is 39.0 Å². The third kappa shape index (κ3) is 9.05. The first kappa shape index (κ1) is 39.8. The van der Waals surface area contributed by atoms with E-state index in [1.54, 1.807) is 35.1 Å². The van der Waals surface area contributed by atoms with Crippen LogP contribution in [-0.2, 0) is 18.7 Å². The van der Waals surface area contributed by atoms with E-state index in [-0.39, 0.29) is 34.2 Å². The molecule has 1 saturated heterocycles. The van der Waals surface area contributed by atoms with Gasteiger partial charge in [-0.1, -0.05) is 93.3 Å². The largest absolute Gasteiger partial charge is 0.471 e. The molecule has 53 heavy (non-hydrogen) atoms. The summed E-state index contributed by atoms with van der Waals surface area (Å²) in [6.07, 6.45) is -1.28. The monoisotopic (exact) mass is 768 g/mol. The molecule has 1 aliphatic rings. The molecule has 1 aliphatic heterocycles. The highest BCUT2D eigenvalue weighted by Crippen LogP contribution is 2.39. The number of amides is 1. The summed E-state index contributed by atoms with van der Waals surface area (Å²) in [5.41, 5.74) is -0.149. The summed E-state index contributed by atoms with van der Waals surface area (Å²) in [6.45, 7) is 6.21.